The molecule has 1 aliphatic rings. The van der Waals surface area contributed by atoms with Crippen LogP contribution in [0.4, 0.5) is 0 Å². The van der Waals surface area contributed by atoms with E-state index < -0.39 is 29.3 Å². The molecule has 0 spiro atoms. The number of ketones is 1. The van der Waals surface area contributed by atoms with E-state index in [9.17, 15) is 19.2 Å². The van der Waals surface area contributed by atoms with Gasteiger partial charge in [-0.25, -0.2) is 0 Å². The molecule has 0 radical (unpaired) electrons. The number of hydrogen-bond acceptors (Lipinski definition) is 5. The average Bonchev–Trinajstić information content (AvgIpc) is 3.07. The molecule has 1 aromatic rings. The molecule has 7 nitrogen and oxygen atoms in total. The van der Waals surface area contributed by atoms with Crippen LogP contribution in [-0.4, -0.2) is 53.2 Å². The van der Waals surface area contributed by atoms with Crippen LogP contribution in [0, 0.1) is 0 Å². The van der Waals surface area contributed by atoms with Gasteiger partial charge in [0.25, 0.3) is 11.8 Å². The zero-order valence-electron chi connectivity index (χ0n) is 15.3. The quantitative estimate of drug-likeness (QED) is 0.631. The fourth-order valence-electron chi connectivity index (χ4n) is 2.80. The van der Waals surface area contributed by atoms with Gasteiger partial charge in [-0.1, -0.05) is 18.2 Å². The zero-order chi connectivity index (χ0) is 19.3. The Hall–Kier alpha value is -2.70. The Morgan fingerprint density at radius 1 is 1.15 bits per heavy atom. The summed E-state index contributed by atoms with van der Waals surface area (Å²) in [6.07, 6.45) is 1.07. The van der Waals surface area contributed by atoms with Gasteiger partial charge in [0.15, 0.2) is 0 Å². The fraction of sp³-hybridized carbons (Fsp3) is 0.474. The highest BCUT2D eigenvalue weighted by Gasteiger charge is 2.37. The summed E-state index contributed by atoms with van der Waals surface area (Å²) >= 11 is 0. The molecule has 140 valence electrons. The standard InChI is InChI=1S/C19H24N2O5/c1-19(2,3)26-15(22)12-20-17(24)16(23)14-10-7-11-21(14)18(25)13-8-5-4-6-9-13/h4-6,8-9,14H,7,10-12H2,1-3H3,(H,20,24)/t14-/m0/s1. The number of nitrogens with one attached hydrogen (secondary N) is 1. The fourth-order valence-corrected chi connectivity index (χ4v) is 2.80. The van der Waals surface area contributed by atoms with E-state index in [1.54, 1.807) is 51.1 Å². The summed E-state index contributed by atoms with van der Waals surface area (Å²) in [7, 11) is 0. The molecule has 1 fully saturated rings. The van der Waals surface area contributed by atoms with E-state index >= 15 is 0 Å². The molecule has 1 N–H and O–H groups in total. The van der Waals surface area contributed by atoms with Crippen LogP contribution in [0.5, 0.6) is 0 Å². The van der Waals surface area contributed by atoms with E-state index in [0.717, 1.165) is 0 Å². The van der Waals surface area contributed by atoms with Crippen molar-refractivity contribution in [1.82, 2.24) is 10.2 Å². The number of carbonyl (C=O) groups excluding carboxylic acids is 4. The summed E-state index contributed by atoms with van der Waals surface area (Å²) in [4.78, 5) is 50.2. The van der Waals surface area contributed by atoms with Crippen molar-refractivity contribution >= 4 is 23.6 Å². The Bertz CT molecular complexity index is 694. The van der Waals surface area contributed by atoms with Crippen LogP contribution in [0.15, 0.2) is 30.3 Å². The summed E-state index contributed by atoms with van der Waals surface area (Å²) in [5, 5.41) is 2.28. The highest BCUT2D eigenvalue weighted by molar-refractivity contribution is 6.38. The number of carbonyl (C=O) groups is 4. The number of rotatable bonds is 5. The molecule has 1 atom stereocenters. The van der Waals surface area contributed by atoms with Gasteiger partial charge in [0.1, 0.15) is 18.2 Å². The van der Waals surface area contributed by atoms with Gasteiger partial charge >= 0.3 is 5.97 Å². The van der Waals surface area contributed by atoms with E-state index in [2.05, 4.69) is 5.32 Å². The second-order valence-electron chi connectivity index (χ2n) is 7.16. The summed E-state index contributed by atoms with van der Waals surface area (Å²) < 4.78 is 5.08. The van der Waals surface area contributed by atoms with Crippen molar-refractivity contribution in [2.24, 2.45) is 0 Å². The van der Waals surface area contributed by atoms with Crippen LogP contribution < -0.4 is 5.32 Å². The molecule has 1 aliphatic heterocycles. The second-order valence-corrected chi connectivity index (χ2v) is 7.16. The average molecular weight is 360 g/mol. The zero-order valence-corrected chi connectivity index (χ0v) is 15.3. The minimum Gasteiger partial charge on any atom is -0.459 e. The van der Waals surface area contributed by atoms with Gasteiger partial charge in [0, 0.05) is 12.1 Å². The molecule has 26 heavy (non-hydrogen) atoms. The highest BCUT2D eigenvalue weighted by atomic mass is 16.6. The monoisotopic (exact) mass is 360 g/mol. The molecule has 1 aromatic carbocycles. The molecular weight excluding hydrogens is 336 g/mol. The Morgan fingerprint density at radius 2 is 1.81 bits per heavy atom. The molecule has 7 heteroatoms. The number of Topliss-reactive ketones (excluding diaryl/α,β-unsaturated/α-hetero) is 1. The van der Waals surface area contributed by atoms with Crippen molar-refractivity contribution < 1.29 is 23.9 Å². The van der Waals surface area contributed by atoms with Crippen LogP contribution in [0.1, 0.15) is 44.0 Å². The first-order valence-corrected chi connectivity index (χ1v) is 8.59. The minimum atomic E-state index is -0.881. The molecule has 0 unspecified atom stereocenters. The van der Waals surface area contributed by atoms with Gasteiger partial charge in [0.05, 0.1) is 0 Å². The van der Waals surface area contributed by atoms with Crippen molar-refractivity contribution in [3.05, 3.63) is 35.9 Å². The Labute approximate surface area is 152 Å². The maximum atomic E-state index is 12.6. The van der Waals surface area contributed by atoms with E-state index in [1.165, 1.54) is 4.90 Å². The first kappa shape index (κ1) is 19.6. The lowest BCUT2D eigenvalue weighted by Crippen LogP contribution is -2.48. The lowest BCUT2D eigenvalue weighted by molar-refractivity contribution is -0.154. The Kier molecular flexibility index (Phi) is 6.13. The SMILES string of the molecule is CC(C)(C)OC(=O)CNC(=O)C(=O)[C@@H]1CCCN1C(=O)c1ccccc1. The largest absolute Gasteiger partial charge is 0.459 e. The first-order valence-electron chi connectivity index (χ1n) is 8.59. The first-order chi connectivity index (χ1) is 12.2. The number of amides is 2. The maximum absolute atomic E-state index is 12.6. The highest BCUT2D eigenvalue weighted by Crippen LogP contribution is 2.21. The predicted molar refractivity (Wildman–Crippen MR) is 94.4 cm³/mol. The van der Waals surface area contributed by atoms with Crippen LogP contribution in [0.25, 0.3) is 0 Å². The molecule has 2 amide bonds. The van der Waals surface area contributed by atoms with Crippen LogP contribution in [0.2, 0.25) is 0 Å². The Morgan fingerprint density at radius 3 is 2.42 bits per heavy atom. The lowest BCUT2D eigenvalue weighted by Gasteiger charge is -2.23. The third kappa shape index (κ3) is 5.15. The number of likely N-dealkylation sites (tertiary alicyclic amines) is 1. The van der Waals surface area contributed by atoms with Gasteiger partial charge in [-0.05, 0) is 45.7 Å². The predicted octanol–water partition coefficient (Wildman–Crippen LogP) is 1.32. The molecule has 0 aliphatic carbocycles. The normalized spacial score (nSPS) is 16.9. The van der Waals surface area contributed by atoms with Crippen molar-refractivity contribution in [2.75, 3.05) is 13.1 Å². The molecule has 2 rings (SSSR count). The molecule has 0 aromatic heterocycles. The second kappa shape index (κ2) is 8.12. The van der Waals surface area contributed by atoms with Crippen molar-refractivity contribution in [2.45, 2.75) is 45.3 Å². The molecular formula is C19H24N2O5. The number of esters is 1. The summed E-state index contributed by atoms with van der Waals surface area (Å²) in [6, 6.07) is 7.83. The number of ether oxygens (including phenoxy) is 1. The van der Waals surface area contributed by atoms with E-state index in [1.807, 2.05) is 0 Å². The van der Waals surface area contributed by atoms with Gasteiger partial charge < -0.3 is 15.0 Å². The van der Waals surface area contributed by atoms with E-state index in [-0.39, 0.29) is 12.5 Å². The van der Waals surface area contributed by atoms with Crippen LogP contribution in [0.3, 0.4) is 0 Å². The van der Waals surface area contributed by atoms with Crippen LogP contribution in [-0.2, 0) is 19.1 Å². The number of nitrogens with zero attached hydrogens (tertiary/aromatic N) is 1. The molecule has 0 bridgehead atoms. The number of hydrogen-bond donors (Lipinski definition) is 1. The minimum absolute atomic E-state index is 0.276. The van der Waals surface area contributed by atoms with Crippen molar-refractivity contribution in [3.8, 4) is 0 Å². The summed E-state index contributed by atoms with van der Waals surface area (Å²) in [6.45, 7) is 5.17. The van der Waals surface area contributed by atoms with Crippen molar-refractivity contribution in [3.63, 3.8) is 0 Å². The Balaban J connectivity index is 1.96. The number of benzene rings is 1. The van der Waals surface area contributed by atoms with Crippen LogP contribution >= 0.6 is 0 Å². The third-order valence-electron chi connectivity index (χ3n) is 3.87. The molecule has 1 saturated heterocycles. The lowest BCUT2D eigenvalue weighted by atomic mass is 10.1. The van der Waals surface area contributed by atoms with Gasteiger partial charge in [0.2, 0.25) is 5.78 Å². The van der Waals surface area contributed by atoms with Gasteiger partial charge in [-0.15, -0.1) is 0 Å². The van der Waals surface area contributed by atoms with E-state index in [0.29, 0.717) is 24.9 Å². The van der Waals surface area contributed by atoms with Gasteiger partial charge in [-0.2, -0.15) is 0 Å². The third-order valence-corrected chi connectivity index (χ3v) is 3.87. The maximum Gasteiger partial charge on any atom is 0.325 e. The smallest absolute Gasteiger partial charge is 0.325 e. The molecule has 1 heterocycles. The topological polar surface area (TPSA) is 92.8 Å². The van der Waals surface area contributed by atoms with Gasteiger partial charge in [-0.3, -0.25) is 19.2 Å². The van der Waals surface area contributed by atoms with E-state index in [4.69, 9.17) is 4.74 Å². The summed E-state index contributed by atoms with van der Waals surface area (Å²) in [5.41, 5.74) is -0.197. The van der Waals surface area contributed by atoms with Crippen molar-refractivity contribution in [1.29, 1.82) is 0 Å². The molecule has 0 saturated carbocycles. The summed E-state index contributed by atoms with van der Waals surface area (Å²) in [5.74, 6) is -2.49.